The minimum Gasteiger partial charge on any atom is -0.396 e. The Balaban J connectivity index is 1.81. The molecule has 2 N–H and O–H groups in total. The lowest BCUT2D eigenvalue weighted by Gasteiger charge is -2.37. The van der Waals surface area contributed by atoms with E-state index in [-0.39, 0.29) is 0 Å². The van der Waals surface area contributed by atoms with Gasteiger partial charge in [0.2, 0.25) is 0 Å². The molecule has 0 aromatic carbocycles. The van der Waals surface area contributed by atoms with Gasteiger partial charge in [0.15, 0.2) is 0 Å². The zero-order chi connectivity index (χ0) is 12.1. The highest BCUT2D eigenvalue weighted by Crippen LogP contribution is 2.30. The van der Waals surface area contributed by atoms with Gasteiger partial charge in [0.1, 0.15) is 0 Å². The molecule has 0 radical (unpaired) electrons. The molecular weight excluding hydrogens is 210 g/mol. The summed E-state index contributed by atoms with van der Waals surface area (Å²) in [6.45, 7) is 2.70. The molecule has 0 saturated heterocycles. The highest BCUT2D eigenvalue weighted by Gasteiger charge is 2.28. The number of nitrogens with one attached hydrogen (secondary N) is 1. The van der Waals surface area contributed by atoms with Crippen molar-refractivity contribution in [3.8, 4) is 0 Å². The predicted octanol–water partition coefficient (Wildman–Crippen LogP) is 3.10. The normalized spacial score (nSPS) is 39.2. The molecule has 2 aliphatic rings. The molecule has 0 amide bonds. The number of aliphatic hydroxyl groups excluding tert-OH is 1. The summed E-state index contributed by atoms with van der Waals surface area (Å²) in [6.07, 6.45) is 12.0. The molecular formula is C15H29NO. The van der Waals surface area contributed by atoms with Crippen LogP contribution in [0, 0.1) is 11.8 Å². The fourth-order valence-corrected chi connectivity index (χ4v) is 3.76. The van der Waals surface area contributed by atoms with Gasteiger partial charge < -0.3 is 10.4 Å². The zero-order valence-corrected chi connectivity index (χ0v) is 11.3. The third kappa shape index (κ3) is 3.69. The number of rotatable bonds is 4. The molecule has 2 heteroatoms. The fourth-order valence-electron chi connectivity index (χ4n) is 3.76. The largest absolute Gasteiger partial charge is 0.396 e. The first kappa shape index (κ1) is 13.4. The maximum Gasteiger partial charge on any atom is 0.0474 e. The molecule has 2 nitrogen and oxygen atoms in total. The Bertz CT molecular complexity index is 219. The van der Waals surface area contributed by atoms with Gasteiger partial charge >= 0.3 is 0 Å². The van der Waals surface area contributed by atoms with Crippen molar-refractivity contribution in [1.29, 1.82) is 0 Å². The molecule has 4 atom stereocenters. The van der Waals surface area contributed by atoms with Crippen LogP contribution in [0.4, 0.5) is 0 Å². The first-order chi connectivity index (χ1) is 8.33. The van der Waals surface area contributed by atoms with E-state index >= 15 is 0 Å². The van der Waals surface area contributed by atoms with Crippen LogP contribution in [0.2, 0.25) is 0 Å². The van der Waals surface area contributed by atoms with Crippen molar-refractivity contribution in [3.05, 3.63) is 0 Å². The summed E-state index contributed by atoms with van der Waals surface area (Å²) in [5.41, 5.74) is 0. The lowest BCUT2D eigenvalue weighted by Crippen LogP contribution is -2.47. The van der Waals surface area contributed by atoms with E-state index in [1.54, 1.807) is 0 Å². The van der Waals surface area contributed by atoms with Crippen molar-refractivity contribution < 1.29 is 5.11 Å². The Kier molecular flexibility index (Phi) is 5.30. The lowest BCUT2D eigenvalue weighted by molar-refractivity contribution is 0.135. The molecule has 0 heterocycles. The van der Waals surface area contributed by atoms with Crippen molar-refractivity contribution in [3.63, 3.8) is 0 Å². The average Bonchev–Trinajstić information content (AvgIpc) is 2.39. The van der Waals surface area contributed by atoms with Gasteiger partial charge in [0.05, 0.1) is 0 Å². The standard InChI is InChI=1S/C15H29NO/c1-2-12-6-5-8-14(10-12)16-15-9-4-3-7-13(15)11-17/h12-17H,2-11H2,1H3. The minimum absolute atomic E-state index is 0.377. The molecule has 0 aromatic rings. The van der Waals surface area contributed by atoms with E-state index in [2.05, 4.69) is 12.2 Å². The number of aliphatic hydroxyl groups is 1. The van der Waals surface area contributed by atoms with Crippen molar-refractivity contribution in [2.24, 2.45) is 11.8 Å². The van der Waals surface area contributed by atoms with Crippen molar-refractivity contribution in [1.82, 2.24) is 5.32 Å². The van der Waals surface area contributed by atoms with E-state index in [1.807, 2.05) is 0 Å². The van der Waals surface area contributed by atoms with Crippen molar-refractivity contribution in [2.75, 3.05) is 6.61 Å². The van der Waals surface area contributed by atoms with E-state index in [0.717, 1.165) is 12.0 Å². The molecule has 0 spiro atoms. The molecule has 100 valence electrons. The summed E-state index contributed by atoms with van der Waals surface area (Å²) in [5.74, 6) is 1.46. The van der Waals surface area contributed by atoms with Crippen LogP contribution in [0.15, 0.2) is 0 Å². The Morgan fingerprint density at radius 3 is 2.65 bits per heavy atom. The lowest BCUT2D eigenvalue weighted by atomic mass is 9.81. The van der Waals surface area contributed by atoms with E-state index in [0.29, 0.717) is 18.6 Å². The smallest absolute Gasteiger partial charge is 0.0474 e. The molecule has 0 bridgehead atoms. The van der Waals surface area contributed by atoms with Crippen LogP contribution in [0.5, 0.6) is 0 Å². The maximum atomic E-state index is 9.45. The summed E-state index contributed by atoms with van der Waals surface area (Å²) in [5, 5.41) is 13.3. The van der Waals surface area contributed by atoms with Gasteiger partial charge in [0.25, 0.3) is 0 Å². The average molecular weight is 239 g/mol. The monoisotopic (exact) mass is 239 g/mol. The fraction of sp³-hybridized carbons (Fsp3) is 1.00. The number of hydrogen-bond acceptors (Lipinski definition) is 2. The van der Waals surface area contributed by atoms with E-state index in [1.165, 1.54) is 57.8 Å². The Morgan fingerprint density at radius 2 is 1.88 bits per heavy atom. The van der Waals surface area contributed by atoms with E-state index in [9.17, 15) is 5.11 Å². The van der Waals surface area contributed by atoms with Crippen LogP contribution in [0.1, 0.15) is 64.7 Å². The van der Waals surface area contributed by atoms with Gasteiger partial charge in [-0.3, -0.25) is 0 Å². The highest BCUT2D eigenvalue weighted by molar-refractivity contribution is 4.86. The second-order valence-electron chi connectivity index (χ2n) is 6.14. The summed E-state index contributed by atoms with van der Waals surface area (Å²) >= 11 is 0. The van der Waals surface area contributed by atoms with Crippen LogP contribution in [-0.2, 0) is 0 Å². The first-order valence-corrected chi connectivity index (χ1v) is 7.70. The van der Waals surface area contributed by atoms with Gasteiger partial charge in [-0.15, -0.1) is 0 Å². The highest BCUT2D eigenvalue weighted by atomic mass is 16.3. The molecule has 2 rings (SSSR count). The Hall–Kier alpha value is -0.0800. The Morgan fingerprint density at radius 1 is 1.06 bits per heavy atom. The summed E-state index contributed by atoms with van der Waals surface area (Å²) < 4.78 is 0. The molecule has 0 aromatic heterocycles. The zero-order valence-electron chi connectivity index (χ0n) is 11.3. The second-order valence-corrected chi connectivity index (χ2v) is 6.14. The van der Waals surface area contributed by atoms with E-state index < -0.39 is 0 Å². The quantitative estimate of drug-likeness (QED) is 0.790. The summed E-state index contributed by atoms with van der Waals surface area (Å²) in [4.78, 5) is 0. The van der Waals surface area contributed by atoms with Gasteiger partial charge in [-0.1, -0.05) is 39.0 Å². The molecule has 17 heavy (non-hydrogen) atoms. The first-order valence-electron chi connectivity index (χ1n) is 7.70. The third-order valence-corrected chi connectivity index (χ3v) is 4.95. The topological polar surface area (TPSA) is 32.3 Å². The van der Waals surface area contributed by atoms with Gasteiger partial charge in [-0.05, 0) is 37.5 Å². The van der Waals surface area contributed by atoms with Crippen LogP contribution >= 0.6 is 0 Å². The predicted molar refractivity (Wildman–Crippen MR) is 72.0 cm³/mol. The third-order valence-electron chi connectivity index (χ3n) is 4.95. The van der Waals surface area contributed by atoms with Crippen LogP contribution in [0.3, 0.4) is 0 Å². The molecule has 2 saturated carbocycles. The second kappa shape index (κ2) is 6.75. The van der Waals surface area contributed by atoms with Gasteiger partial charge in [0, 0.05) is 18.7 Å². The molecule has 2 fully saturated rings. The van der Waals surface area contributed by atoms with Gasteiger partial charge in [-0.25, -0.2) is 0 Å². The molecule has 4 unspecified atom stereocenters. The minimum atomic E-state index is 0.377. The SMILES string of the molecule is CCC1CCCC(NC2CCCCC2CO)C1. The summed E-state index contributed by atoms with van der Waals surface area (Å²) in [6, 6.07) is 1.32. The van der Waals surface area contributed by atoms with Gasteiger partial charge in [-0.2, -0.15) is 0 Å². The van der Waals surface area contributed by atoms with Crippen molar-refractivity contribution in [2.45, 2.75) is 76.8 Å². The Labute approximate surface area is 106 Å². The van der Waals surface area contributed by atoms with Crippen LogP contribution in [0.25, 0.3) is 0 Å². The number of hydrogen-bond donors (Lipinski definition) is 2. The molecule has 2 aliphatic carbocycles. The molecule has 0 aliphatic heterocycles. The van der Waals surface area contributed by atoms with Crippen molar-refractivity contribution >= 4 is 0 Å². The van der Waals surface area contributed by atoms with Crippen LogP contribution in [-0.4, -0.2) is 23.8 Å². The summed E-state index contributed by atoms with van der Waals surface area (Å²) in [7, 11) is 0. The van der Waals surface area contributed by atoms with Crippen LogP contribution < -0.4 is 5.32 Å². The van der Waals surface area contributed by atoms with E-state index in [4.69, 9.17) is 0 Å². The maximum absolute atomic E-state index is 9.45.